The normalized spacial score (nSPS) is 11.9. The van der Waals surface area contributed by atoms with Crippen molar-refractivity contribution in [3.05, 3.63) is 112 Å². The van der Waals surface area contributed by atoms with Gasteiger partial charge in [-0.05, 0) is 90.1 Å². The van der Waals surface area contributed by atoms with Crippen LogP contribution in [0, 0.1) is 0 Å². The topological polar surface area (TPSA) is 118 Å². The molecule has 0 bridgehead atoms. The molecule has 1 aromatic heterocycles. The number of pyridine rings is 1. The van der Waals surface area contributed by atoms with E-state index in [4.69, 9.17) is 20.1 Å². The van der Waals surface area contributed by atoms with Gasteiger partial charge in [0, 0.05) is 16.8 Å². The van der Waals surface area contributed by atoms with Crippen LogP contribution in [0.3, 0.4) is 0 Å². The Bertz CT molecular complexity index is 1690. The van der Waals surface area contributed by atoms with E-state index >= 15 is 0 Å². The molecule has 0 aliphatic rings. The first-order valence-corrected chi connectivity index (χ1v) is 16.2. The van der Waals surface area contributed by atoms with Crippen molar-refractivity contribution in [2.45, 2.75) is 92.9 Å². The molecule has 1 heterocycles. The maximum Gasteiger partial charge on any atom is 0.335 e. The number of carbonyl (C=O) groups is 1. The zero-order valence-electron chi connectivity index (χ0n) is 29.6. The van der Waals surface area contributed by atoms with Gasteiger partial charge >= 0.3 is 5.97 Å². The number of aromatic hydroxyl groups is 1. The van der Waals surface area contributed by atoms with Crippen LogP contribution < -0.4 is 5.11 Å². The zero-order chi connectivity index (χ0) is 35.0. The molecule has 0 spiro atoms. The van der Waals surface area contributed by atoms with Crippen LogP contribution in [0.4, 0.5) is 11.4 Å². The molecule has 3 aromatic carbocycles. The Morgan fingerprint density at radius 2 is 1.08 bits per heavy atom. The molecule has 1 radical (unpaired) electrons. The number of hydrogen-bond donors (Lipinski definition) is 2. The number of aliphatic imine (C=N–C) groups is 2. The van der Waals surface area contributed by atoms with E-state index in [2.05, 4.69) is 64.1 Å². The summed E-state index contributed by atoms with van der Waals surface area (Å²) in [6.07, 6.45) is 0. The number of rotatable bonds is 9. The monoisotopic (exact) mass is 693 g/mol. The third kappa shape index (κ3) is 9.87. The number of carboxylic acids is 1. The van der Waals surface area contributed by atoms with Gasteiger partial charge in [0.15, 0.2) is 0 Å². The van der Waals surface area contributed by atoms with E-state index in [1.807, 2.05) is 71.9 Å². The van der Waals surface area contributed by atoms with Crippen molar-refractivity contribution in [2.24, 2.45) is 9.98 Å². The number of phenolic OH excluding ortho intramolecular Hbond substituents is 1. The van der Waals surface area contributed by atoms with Gasteiger partial charge in [-0.3, -0.25) is 9.98 Å². The summed E-state index contributed by atoms with van der Waals surface area (Å²) in [5.41, 5.74) is 9.00. The maximum atomic E-state index is 11.7. The van der Waals surface area contributed by atoms with Crippen LogP contribution in [0.25, 0.3) is 0 Å². The van der Waals surface area contributed by atoms with E-state index in [0.717, 1.165) is 39.7 Å². The predicted octanol–water partition coefficient (Wildman–Crippen LogP) is 10.0. The van der Waals surface area contributed by atoms with E-state index < -0.39 is 17.5 Å². The number of phenols is 1. The molecule has 7 nitrogen and oxygen atoms in total. The summed E-state index contributed by atoms with van der Waals surface area (Å²) >= 11 is 0. The van der Waals surface area contributed by atoms with Crippen LogP contribution in [-0.4, -0.2) is 32.6 Å². The quantitative estimate of drug-likeness (QED) is 0.169. The van der Waals surface area contributed by atoms with E-state index in [1.165, 1.54) is 17.2 Å². The summed E-state index contributed by atoms with van der Waals surface area (Å²) in [5, 5.41) is 30.3. The molecule has 0 atom stereocenters. The van der Waals surface area contributed by atoms with Gasteiger partial charge < -0.3 is 15.3 Å². The molecule has 4 rings (SSSR count). The van der Waals surface area contributed by atoms with E-state index in [-0.39, 0.29) is 34.2 Å². The first kappa shape index (κ1) is 39.9. The van der Waals surface area contributed by atoms with Crippen molar-refractivity contribution in [3.8, 4) is 11.5 Å². The zero-order valence-corrected chi connectivity index (χ0v) is 30.7. The van der Waals surface area contributed by atoms with Crippen molar-refractivity contribution >= 4 is 28.8 Å². The second-order valence-corrected chi connectivity index (χ2v) is 12.9. The molecule has 0 fully saturated rings. The molecule has 257 valence electrons. The van der Waals surface area contributed by atoms with Gasteiger partial charge in [0.25, 0.3) is 0 Å². The van der Waals surface area contributed by atoms with Crippen LogP contribution in [0.2, 0.25) is 0 Å². The Labute approximate surface area is 296 Å². The third-order valence-corrected chi connectivity index (χ3v) is 7.93. The van der Waals surface area contributed by atoms with Crippen LogP contribution >= 0.6 is 0 Å². The number of benzene rings is 3. The average Bonchev–Trinajstić information content (AvgIpc) is 3.02. The molecule has 0 aliphatic carbocycles. The Kier molecular flexibility index (Phi) is 14.8. The van der Waals surface area contributed by atoms with Gasteiger partial charge in [0.05, 0.1) is 39.7 Å². The Morgan fingerprint density at radius 1 is 0.667 bits per heavy atom. The summed E-state index contributed by atoms with van der Waals surface area (Å²) in [6.45, 7) is 20.3. The molecule has 0 aliphatic heterocycles. The molecule has 48 heavy (non-hydrogen) atoms. The van der Waals surface area contributed by atoms with Crippen molar-refractivity contribution in [1.29, 1.82) is 0 Å². The standard InChI is InChI=1S/C27H31N3.C13H18O4.Co/c1-18(2)22-12-7-9-14-26(22)28-20(5)24-16-11-17-25(30-24)21(6)29-27-15-10-8-13-23(27)19(3)4;1-6(2)8-5-9(14)12(15)11(13(16)17)10(8)7(3)4;/h7-19H,1-6H3;5-7,14-15H,1-4H3,(H,16,17);/p-1. The fraction of sp³-hybridized carbons (Fsp3) is 0.350. The van der Waals surface area contributed by atoms with Crippen molar-refractivity contribution < 1.29 is 36.9 Å². The largest absolute Gasteiger partial charge is 0.869 e. The molecule has 4 aromatic rings. The van der Waals surface area contributed by atoms with Crippen molar-refractivity contribution in [1.82, 2.24) is 4.98 Å². The Hall–Kier alpha value is -4.27. The minimum absolute atomic E-state index is 0. The predicted molar refractivity (Wildman–Crippen MR) is 192 cm³/mol. The molecular formula is C40H48CoN3O4-. The minimum Gasteiger partial charge on any atom is -0.869 e. The van der Waals surface area contributed by atoms with Crippen LogP contribution in [-0.2, 0) is 16.8 Å². The third-order valence-electron chi connectivity index (χ3n) is 7.93. The molecule has 8 heteroatoms. The fourth-order valence-corrected chi connectivity index (χ4v) is 5.47. The van der Waals surface area contributed by atoms with Crippen molar-refractivity contribution in [2.75, 3.05) is 0 Å². The Morgan fingerprint density at radius 3 is 1.46 bits per heavy atom. The minimum atomic E-state index is -1.28. The summed E-state index contributed by atoms with van der Waals surface area (Å²) in [4.78, 5) is 25.8. The van der Waals surface area contributed by atoms with Crippen LogP contribution in [0.5, 0.6) is 11.5 Å². The first-order chi connectivity index (χ1) is 22.1. The molecule has 0 unspecified atom stereocenters. The van der Waals surface area contributed by atoms with E-state index in [9.17, 15) is 15.0 Å². The average molecular weight is 694 g/mol. The number of aromatic carboxylic acids is 1. The van der Waals surface area contributed by atoms with E-state index in [0.29, 0.717) is 17.4 Å². The second-order valence-electron chi connectivity index (χ2n) is 12.9. The number of nitrogens with zero attached hydrogens (tertiary/aromatic N) is 3. The van der Waals surface area contributed by atoms with Crippen LogP contribution in [0.1, 0.15) is 137 Å². The van der Waals surface area contributed by atoms with E-state index in [1.54, 1.807) is 0 Å². The van der Waals surface area contributed by atoms with Gasteiger partial charge in [0.2, 0.25) is 0 Å². The number of aromatic nitrogens is 1. The summed E-state index contributed by atoms with van der Waals surface area (Å²) in [5.74, 6) is -1.75. The molecular weight excluding hydrogens is 645 g/mol. The van der Waals surface area contributed by atoms with Gasteiger partial charge in [-0.1, -0.05) is 104 Å². The fourth-order valence-electron chi connectivity index (χ4n) is 5.47. The number of carboxylic acid groups (broad SMARTS) is 1. The number of hydrogen-bond acceptors (Lipinski definition) is 6. The summed E-state index contributed by atoms with van der Waals surface area (Å²) < 4.78 is 0. The van der Waals surface area contributed by atoms with Gasteiger partial charge in [-0.2, -0.15) is 0 Å². The maximum absolute atomic E-state index is 11.7. The summed E-state index contributed by atoms with van der Waals surface area (Å²) in [7, 11) is 0. The second kappa shape index (κ2) is 17.8. The SMILES string of the molecule is CC(=Nc1ccccc1C(C)C)c1cccc(C(C)=Nc2ccccc2C(C)C)n1.CC(C)c1cc(O)c([O-])c(C(=O)O)c1C(C)C.[Co]. The molecule has 0 amide bonds. The van der Waals surface area contributed by atoms with Crippen LogP contribution in [0.15, 0.2) is 82.8 Å². The molecule has 0 saturated carbocycles. The van der Waals surface area contributed by atoms with Crippen molar-refractivity contribution in [3.63, 3.8) is 0 Å². The first-order valence-electron chi connectivity index (χ1n) is 16.2. The molecule has 0 saturated heterocycles. The van der Waals surface area contributed by atoms with Gasteiger partial charge in [0.1, 0.15) is 5.75 Å². The van der Waals surface area contributed by atoms with Gasteiger partial charge in [-0.25, -0.2) is 9.78 Å². The Balaban J connectivity index is 0.000000380. The smallest absolute Gasteiger partial charge is 0.335 e. The van der Waals surface area contributed by atoms with Gasteiger partial charge in [-0.15, -0.1) is 0 Å². The summed E-state index contributed by atoms with van der Waals surface area (Å²) in [6, 6.07) is 24.0. The number of para-hydroxylation sites is 2. The molecule has 2 N–H and O–H groups in total.